The van der Waals surface area contributed by atoms with E-state index in [0.717, 1.165) is 0 Å². The lowest BCUT2D eigenvalue weighted by Crippen LogP contribution is -1.67. The Morgan fingerprint density at radius 1 is 1.67 bits per heavy atom. The van der Waals surface area contributed by atoms with Crippen LogP contribution in [0.2, 0.25) is 0 Å². The molecule has 0 aromatic rings. The molecule has 1 nitrogen and oxygen atoms in total. The maximum absolute atomic E-state index is 4.64. The van der Waals surface area contributed by atoms with Crippen molar-refractivity contribution in [1.29, 1.82) is 0 Å². The van der Waals surface area contributed by atoms with Crippen molar-refractivity contribution >= 4 is 30.7 Å². The summed E-state index contributed by atoms with van der Waals surface area (Å²) in [5.41, 5.74) is 0. The Labute approximate surface area is 47.7 Å². The molecule has 0 saturated carbocycles. The van der Waals surface area contributed by atoms with Crippen molar-refractivity contribution < 1.29 is 4.18 Å². The predicted molar refractivity (Wildman–Crippen MR) is 33.4 cm³/mol. The zero-order valence-corrected chi connectivity index (χ0v) is 5.28. The lowest BCUT2D eigenvalue weighted by atomic mass is 11.3. The molecule has 0 fully saturated rings. The second kappa shape index (κ2) is 3.34. The fourth-order valence-corrected chi connectivity index (χ4v) is 0.387. The highest BCUT2D eigenvalue weighted by atomic mass is 33.1. The van der Waals surface area contributed by atoms with Gasteiger partial charge in [0.25, 0.3) is 0 Å². The average Bonchev–Trinajstić information content (AvgIpc) is 1.35. The van der Waals surface area contributed by atoms with Crippen LogP contribution in [0.15, 0.2) is 0 Å². The van der Waals surface area contributed by atoms with Crippen LogP contribution in [0.25, 0.3) is 0 Å². The monoisotopic (exact) mass is 138 g/mol. The van der Waals surface area contributed by atoms with E-state index < -0.39 is 8.29 Å². The Hall–Kier alpha value is 0.150. The molecule has 0 aliphatic heterocycles. The maximum atomic E-state index is 4.64. The molecule has 0 aromatic carbocycles. The first-order valence-corrected chi connectivity index (χ1v) is 4.33. The van der Waals surface area contributed by atoms with Crippen molar-refractivity contribution in [1.82, 2.24) is 0 Å². The van der Waals surface area contributed by atoms with E-state index in [4.69, 9.17) is 0 Å². The van der Waals surface area contributed by atoms with E-state index in [2.05, 4.69) is 33.0 Å². The molecule has 0 atom stereocenters. The summed E-state index contributed by atoms with van der Waals surface area (Å²) in [6, 6.07) is 0. The summed E-state index contributed by atoms with van der Waals surface area (Å²) >= 11 is 8.79. The van der Waals surface area contributed by atoms with Gasteiger partial charge in [0.2, 0.25) is 0 Å². The van der Waals surface area contributed by atoms with Crippen LogP contribution >= 0.6 is 0 Å². The van der Waals surface area contributed by atoms with Crippen molar-refractivity contribution in [2.75, 3.05) is 0 Å². The van der Waals surface area contributed by atoms with Crippen molar-refractivity contribution in [3.05, 3.63) is 0 Å². The summed E-state index contributed by atoms with van der Waals surface area (Å²) in [6.07, 6.45) is 6.53. The molecular formula is C2H2OS3. The van der Waals surface area contributed by atoms with E-state index in [1.807, 2.05) is 6.11 Å². The molecule has 0 heterocycles. The van der Waals surface area contributed by atoms with Gasteiger partial charge in [-0.15, -0.1) is 0 Å². The lowest BCUT2D eigenvalue weighted by molar-refractivity contribution is 0.618. The predicted octanol–water partition coefficient (Wildman–Crippen LogP) is -0.217. The number of terminal acetylenes is 1. The third-order valence-electron chi connectivity index (χ3n) is 0.127. The summed E-state index contributed by atoms with van der Waals surface area (Å²) in [6.45, 7) is 0. The quantitative estimate of drug-likeness (QED) is 0.397. The third-order valence-corrected chi connectivity index (χ3v) is 0.829. The van der Waals surface area contributed by atoms with Crippen LogP contribution in [0, 0.1) is 12.5 Å². The zero-order chi connectivity index (χ0) is 4.99. The van der Waals surface area contributed by atoms with Crippen LogP contribution in [-0.2, 0) is 34.9 Å². The SMILES string of the molecule is C#CO[SH](=S)=S. The maximum Gasteiger partial charge on any atom is 0.123 e. The van der Waals surface area contributed by atoms with Gasteiger partial charge in [-0.3, -0.25) is 0 Å². The van der Waals surface area contributed by atoms with E-state index in [-0.39, 0.29) is 0 Å². The molecule has 34 valence electrons. The molecule has 0 radical (unpaired) electrons. The van der Waals surface area contributed by atoms with Crippen LogP contribution in [-0.4, -0.2) is 0 Å². The van der Waals surface area contributed by atoms with Gasteiger partial charge in [0.15, 0.2) is 0 Å². The lowest BCUT2D eigenvalue weighted by Gasteiger charge is -1.76. The van der Waals surface area contributed by atoms with Crippen molar-refractivity contribution in [3.63, 3.8) is 0 Å². The Balaban J connectivity index is 3.41. The first-order valence-electron chi connectivity index (χ1n) is 1.04. The summed E-state index contributed by atoms with van der Waals surface area (Å²) in [7, 11) is -1.17. The average molecular weight is 138 g/mol. The fraction of sp³-hybridized carbons (Fsp3) is 0. The summed E-state index contributed by atoms with van der Waals surface area (Å²) in [5.74, 6) is 0. The summed E-state index contributed by atoms with van der Waals surface area (Å²) < 4.78 is 4.26. The molecule has 4 heteroatoms. The molecule has 0 aliphatic carbocycles. The van der Waals surface area contributed by atoms with E-state index in [9.17, 15) is 0 Å². The molecule has 0 saturated heterocycles. The molecule has 0 spiro atoms. The molecular weight excluding hydrogens is 136 g/mol. The van der Waals surface area contributed by atoms with Crippen LogP contribution in [0.5, 0.6) is 0 Å². The first kappa shape index (κ1) is 6.15. The van der Waals surface area contributed by atoms with E-state index in [1.54, 1.807) is 0 Å². The highest BCUT2D eigenvalue weighted by Gasteiger charge is 1.57. The highest BCUT2D eigenvalue weighted by molar-refractivity contribution is 8.44. The molecule has 0 amide bonds. The highest BCUT2D eigenvalue weighted by Crippen LogP contribution is 1.63. The van der Waals surface area contributed by atoms with Gasteiger partial charge in [-0.2, -0.15) is 0 Å². The fourth-order valence-electron chi connectivity index (χ4n) is 0.0430. The minimum atomic E-state index is -1.17. The molecule has 0 unspecified atom stereocenters. The number of thiol groups is 1. The van der Waals surface area contributed by atoms with Gasteiger partial charge < -0.3 is 4.18 Å². The number of hydrogen-bond acceptors (Lipinski definition) is 3. The van der Waals surface area contributed by atoms with E-state index in [0.29, 0.717) is 0 Å². The van der Waals surface area contributed by atoms with Crippen LogP contribution in [0.1, 0.15) is 0 Å². The number of hydrogen-bond donors (Lipinski definition) is 1. The normalized spacial score (nSPS) is 7.33. The van der Waals surface area contributed by atoms with Crippen molar-refractivity contribution in [2.45, 2.75) is 0 Å². The van der Waals surface area contributed by atoms with Crippen molar-refractivity contribution in [2.24, 2.45) is 0 Å². The Morgan fingerprint density at radius 2 is 2.17 bits per heavy atom. The molecule has 0 rings (SSSR count). The second-order valence-corrected chi connectivity index (χ2v) is 3.75. The van der Waals surface area contributed by atoms with Gasteiger partial charge in [0.1, 0.15) is 6.11 Å². The largest absolute Gasteiger partial charge is 0.374 e. The molecule has 0 aliphatic rings. The van der Waals surface area contributed by atoms with Gasteiger partial charge in [-0.1, -0.05) is 6.42 Å². The smallest absolute Gasteiger partial charge is 0.123 e. The minimum Gasteiger partial charge on any atom is -0.374 e. The third kappa shape index (κ3) is 4.15. The topological polar surface area (TPSA) is 9.23 Å². The summed E-state index contributed by atoms with van der Waals surface area (Å²) in [5, 5.41) is 0. The van der Waals surface area contributed by atoms with Crippen LogP contribution < -0.4 is 0 Å². The van der Waals surface area contributed by atoms with Gasteiger partial charge in [-0.25, -0.2) is 0 Å². The van der Waals surface area contributed by atoms with Crippen LogP contribution in [0.4, 0.5) is 0 Å². The standard InChI is InChI=1S/C2H2OS3/c1-2-3-6(4)5/h1,6H. The Bertz CT molecular complexity index is 120. The Kier molecular flexibility index (Phi) is 3.43. The van der Waals surface area contributed by atoms with E-state index in [1.165, 1.54) is 0 Å². The Morgan fingerprint density at radius 3 is 2.17 bits per heavy atom. The van der Waals surface area contributed by atoms with Crippen molar-refractivity contribution in [3.8, 4) is 12.5 Å². The van der Waals surface area contributed by atoms with Gasteiger partial charge in [0.05, 0.1) is 8.29 Å². The van der Waals surface area contributed by atoms with E-state index >= 15 is 0 Å². The summed E-state index contributed by atoms with van der Waals surface area (Å²) in [4.78, 5) is 0. The molecule has 0 bridgehead atoms. The number of rotatable bonds is 1. The van der Waals surface area contributed by atoms with Gasteiger partial charge in [0, 0.05) is 0 Å². The van der Waals surface area contributed by atoms with Gasteiger partial charge in [-0.05, 0) is 22.4 Å². The molecule has 6 heavy (non-hydrogen) atoms. The van der Waals surface area contributed by atoms with Gasteiger partial charge >= 0.3 is 0 Å². The molecule has 0 aromatic heterocycles. The first-order chi connectivity index (χ1) is 2.77. The minimum absolute atomic E-state index is 1.17. The van der Waals surface area contributed by atoms with Crippen LogP contribution in [0.3, 0.4) is 0 Å². The second-order valence-electron chi connectivity index (χ2n) is 0.433. The zero-order valence-electron chi connectivity index (χ0n) is 2.75. The molecule has 0 N–H and O–H groups in total.